The highest BCUT2D eigenvalue weighted by molar-refractivity contribution is 5.82. The van der Waals surface area contributed by atoms with Crippen LogP contribution < -0.4 is 4.74 Å². The Morgan fingerprint density at radius 2 is 2.00 bits per heavy atom. The molecule has 3 nitrogen and oxygen atoms in total. The van der Waals surface area contributed by atoms with Crippen LogP contribution in [-0.4, -0.2) is 18.5 Å². The molecule has 0 saturated carbocycles. The maximum atomic E-state index is 10.7. The minimum atomic E-state index is 0.00708. The van der Waals surface area contributed by atoms with Crippen molar-refractivity contribution in [3.05, 3.63) is 23.3 Å². The zero-order chi connectivity index (χ0) is 11.8. The lowest BCUT2D eigenvalue weighted by Gasteiger charge is -2.09. The lowest BCUT2D eigenvalue weighted by atomic mass is 10.0. The van der Waals surface area contributed by atoms with E-state index < -0.39 is 0 Å². The quantitative estimate of drug-likeness (QED) is 0.780. The average molecular weight is 210 g/mol. The molecule has 1 aromatic carbocycles. The molecule has 1 N–H and O–H groups in total. The second kappa shape index (κ2) is 6.87. The molecule has 0 heterocycles. The molecule has 0 aliphatic heterocycles. The Hall–Kier alpha value is -1.51. The second-order valence-corrected chi connectivity index (χ2v) is 2.65. The first-order valence-corrected chi connectivity index (χ1v) is 5.08. The van der Waals surface area contributed by atoms with E-state index in [0.29, 0.717) is 24.0 Å². The highest BCUT2D eigenvalue weighted by atomic mass is 16.5. The number of aldehydes is 1. The smallest absolute Gasteiger partial charge is 0.154 e. The Balaban J connectivity index is 0.000000921. The number of aromatic hydroxyl groups is 1. The first-order valence-electron chi connectivity index (χ1n) is 5.08. The number of carbonyl (C=O) groups excluding carboxylic acids is 1. The molecule has 0 unspecified atom stereocenters. The van der Waals surface area contributed by atoms with Crippen LogP contribution in [0.4, 0.5) is 0 Å². The number of phenolic OH excluding ortho intramolecular Hbond substituents is 1. The third kappa shape index (κ3) is 2.98. The van der Waals surface area contributed by atoms with Crippen molar-refractivity contribution in [1.29, 1.82) is 0 Å². The van der Waals surface area contributed by atoms with Crippen molar-refractivity contribution < 1.29 is 14.6 Å². The van der Waals surface area contributed by atoms with Gasteiger partial charge in [0.05, 0.1) is 12.7 Å². The van der Waals surface area contributed by atoms with E-state index in [1.54, 1.807) is 13.2 Å². The van der Waals surface area contributed by atoms with Crippen LogP contribution in [-0.2, 0) is 6.42 Å². The van der Waals surface area contributed by atoms with E-state index in [1.807, 2.05) is 20.8 Å². The van der Waals surface area contributed by atoms with Gasteiger partial charge in [0.1, 0.15) is 11.5 Å². The Kier molecular flexibility index (Phi) is 6.18. The number of benzene rings is 1. The lowest BCUT2D eigenvalue weighted by molar-refractivity contribution is 0.111. The summed E-state index contributed by atoms with van der Waals surface area (Å²) >= 11 is 0. The van der Waals surface area contributed by atoms with E-state index in [2.05, 4.69) is 0 Å². The molecule has 0 aliphatic rings. The van der Waals surface area contributed by atoms with Crippen LogP contribution in [0.15, 0.2) is 12.1 Å². The van der Waals surface area contributed by atoms with Gasteiger partial charge in [-0.1, -0.05) is 20.8 Å². The van der Waals surface area contributed by atoms with Gasteiger partial charge in [0.2, 0.25) is 0 Å². The second-order valence-electron chi connectivity index (χ2n) is 2.65. The summed E-state index contributed by atoms with van der Waals surface area (Å²) in [7, 11) is 1.54. The molecule has 15 heavy (non-hydrogen) atoms. The van der Waals surface area contributed by atoms with Crippen LogP contribution in [0.25, 0.3) is 0 Å². The largest absolute Gasteiger partial charge is 0.507 e. The molecule has 3 heteroatoms. The normalized spacial score (nSPS) is 8.80. The molecule has 0 spiro atoms. The van der Waals surface area contributed by atoms with Crippen LogP contribution >= 0.6 is 0 Å². The standard InChI is InChI=1S/C10H12O3.C2H6/c1-3-7-8(6-11)9(12)4-5-10(7)13-2;1-2/h4-6,12H,3H2,1-2H3;1-2H3. The molecular formula is C12H18O3. The zero-order valence-corrected chi connectivity index (χ0v) is 9.70. The van der Waals surface area contributed by atoms with Gasteiger partial charge in [-0.3, -0.25) is 4.79 Å². The van der Waals surface area contributed by atoms with E-state index in [-0.39, 0.29) is 5.75 Å². The summed E-state index contributed by atoms with van der Waals surface area (Å²) in [5.74, 6) is 0.648. The van der Waals surface area contributed by atoms with Crippen LogP contribution in [0.1, 0.15) is 36.7 Å². The monoisotopic (exact) mass is 210 g/mol. The van der Waals surface area contributed by atoms with Crippen molar-refractivity contribution in [2.75, 3.05) is 7.11 Å². The Bertz CT molecular complexity index is 319. The molecule has 0 atom stereocenters. The molecule has 1 aromatic rings. The summed E-state index contributed by atoms with van der Waals surface area (Å²) in [4.78, 5) is 10.7. The summed E-state index contributed by atoms with van der Waals surface area (Å²) < 4.78 is 5.06. The summed E-state index contributed by atoms with van der Waals surface area (Å²) in [5, 5.41) is 9.36. The van der Waals surface area contributed by atoms with E-state index in [4.69, 9.17) is 4.74 Å². The zero-order valence-electron chi connectivity index (χ0n) is 9.70. The highest BCUT2D eigenvalue weighted by Crippen LogP contribution is 2.28. The summed E-state index contributed by atoms with van der Waals surface area (Å²) in [6.45, 7) is 5.91. The van der Waals surface area contributed by atoms with Crippen molar-refractivity contribution >= 4 is 6.29 Å². The number of rotatable bonds is 3. The molecule has 0 amide bonds. The molecule has 0 fully saturated rings. The van der Waals surface area contributed by atoms with Gasteiger partial charge in [-0.25, -0.2) is 0 Å². The summed E-state index contributed by atoms with van der Waals surface area (Å²) in [6.07, 6.45) is 1.31. The SMILES string of the molecule is CC.CCc1c(OC)ccc(O)c1C=O. The van der Waals surface area contributed by atoms with Gasteiger partial charge in [-0.2, -0.15) is 0 Å². The van der Waals surface area contributed by atoms with Crippen molar-refractivity contribution in [3.8, 4) is 11.5 Å². The van der Waals surface area contributed by atoms with Crippen LogP contribution in [0.3, 0.4) is 0 Å². The van der Waals surface area contributed by atoms with Crippen molar-refractivity contribution in [2.45, 2.75) is 27.2 Å². The fourth-order valence-corrected chi connectivity index (χ4v) is 1.32. The topological polar surface area (TPSA) is 46.5 Å². The Morgan fingerprint density at radius 3 is 2.40 bits per heavy atom. The van der Waals surface area contributed by atoms with Gasteiger partial charge >= 0.3 is 0 Å². The number of hydrogen-bond donors (Lipinski definition) is 1. The van der Waals surface area contributed by atoms with E-state index in [9.17, 15) is 9.90 Å². The van der Waals surface area contributed by atoms with Crippen LogP contribution in [0, 0.1) is 0 Å². The van der Waals surface area contributed by atoms with Crippen LogP contribution in [0.5, 0.6) is 11.5 Å². The van der Waals surface area contributed by atoms with Crippen LogP contribution in [0.2, 0.25) is 0 Å². The van der Waals surface area contributed by atoms with E-state index in [1.165, 1.54) is 6.07 Å². The highest BCUT2D eigenvalue weighted by Gasteiger charge is 2.10. The lowest BCUT2D eigenvalue weighted by Crippen LogP contribution is -1.96. The first kappa shape index (κ1) is 13.5. The molecule has 84 valence electrons. The van der Waals surface area contributed by atoms with Gasteiger partial charge in [-0.15, -0.1) is 0 Å². The van der Waals surface area contributed by atoms with Crippen molar-refractivity contribution in [3.63, 3.8) is 0 Å². The summed E-state index contributed by atoms with van der Waals surface area (Å²) in [6, 6.07) is 3.11. The number of carbonyl (C=O) groups is 1. The first-order chi connectivity index (χ1) is 7.24. The molecule has 0 saturated heterocycles. The fraction of sp³-hybridized carbons (Fsp3) is 0.417. The molecule has 1 rings (SSSR count). The molecular weight excluding hydrogens is 192 g/mol. The predicted molar refractivity (Wildman–Crippen MR) is 60.8 cm³/mol. The van der Waals surface area contributed by atoms with Gasteiger partial charge in [-0.05, 0) is 18.6 Å². The maximum absolute atomic E-state index is 10.7. The van der Waals surface area contributed by atoms with Gasteiger partial charge in [0.25, 0.3) is 0 Å². The minimum Gasteiger partial charge on any atom is -0.507 e. The Morgan fingerprint density at radius 1 is 1.40 bits per heavy atom. The molecule has 0 radical (unpaired) electrons. The van der Waals surface area contributed by atoms with Gasteiger partial charge in [0, 0.05) is 5.56 Å². The van der Waals surface area contributed by atoms with Crippen molar-refractivity contribution in [2.24, 2.45) is 0 Å². The third-order valence-corrected chi connectivity index (χ3v) is 1.98. The predicted octanol–water partition coefficient (Wildman–Crippen LogP) is 2.80. The van der Waals surface area contributed by atoms with Crippen molar-refractivity contribution in [1.82, 2.24) is 0 Å². The van der Waals surface area contributed by atoms with E-state index >= 15 is 0 Å². The average Bonchev–Trinajstić information content (AvgIpc) is 2.31. The van der Waals surface area contributed by atoms with Gasteiger partial charge < -0.3 is 9.84 Å². The molecule has 0 aromatic heterocycles. The third-order valence-electron chi connectivity index (χ3n) is 1.98. The number of phenols is 1. The molecule has 0 bridgehead atoms. The van der Waals surface area contributed by atoms with Gasteiger partial charge in [0.15, 0.2) is 6.29 Å². The number of hydrogen-bond acceptors (Lipinski definition) is 3. The maximum Gasteiger partial charge on any atom is 0.154 e. The Labute approximate surface area is 90.7 Å². The minimum absolute atomic E-state index is 0.00708. The summed E-state index contributed by atoms with van der Waals surface area (Å²) in [5.41, 5.74) is 1.07. The van der Waals surface area contributed by atoms with E-state index in [0.717, 1.165) is 5.56 Å². The number of methoxy groups -OCH3 is 1. The number of ether oxygens (including phenoxy) is 1. The molecule has 0 aliphatic carbocycles. The fourth-order valence-electron chi connectivity index (χ4n) is 1.32.